The van der Waals surface area contributed by atoms with Crippen LogP contribution in [-0.4, -0.2) is 35.8 Å². The summed E-state index contributed by atoms with van der Waals surface area (Å²) in [5, 5.41) is 20.9. The lowest BCUT2D eigenvalue weighted by Gasteiger charge is -2.38. The molecule has 1 aromatic rings. The molecule has 2 rings (SSSR count). The second-order valence-electron chi connectivity index (χ2n) is 5.14. The quantitative estimate of drug-likeness (QED) is 0.668. The number of nitro benzene ring substituents is 1. The number of methoxy groups -OCH3 is 1. The summed E-state index contributed by atoms with van der Waals surface area (Å²) in [6.07, 6.45) is 1.67. The summed E-state index contributed by atoms with van der Waals surface area (Å²) in [5.74, 6) is 0.243. The molecule has 104 valence electrons. The van der Waals surface area contributed by atoms with Crippen molar-refractivity contribution in [2.24, 2.45) is 0 Å². The van der Waals surface area contributed by atoms with E-state index in [1.165, 1.54) is 13.2 Å². The smallest absolute Gasteiger partial charge is 0.311 e. The molecule has 0 aliphatic carbocycles. The average molecular weight is 266 g/mol. The molecule has 0 amide bonds. The second kappa shape index (κ2) is 5.05. The van der Waals surface area contributed by atoms with E-state index in [1.807, 2.05) is 11.8 Å². The van der Waals surface area contributed by atoms with Crippen molar-refractivity contribution >= 4 is 11.4 Å². The highest BCUT2D eigenvalue weighted by atomic mass is 16.6. The number of rotatable bonds is 3. The number of aliphatic hydroxyl groups is 1. The third-order valence-electron chi connectivity index (χ3n) is 3.40. The topological polar surface area (TPSA) is 75.8 Å². The van der Waals surface area contributed by atoms with E-state index in [0.717, 1.165) is 25.1 Å². The standard InChI is InChI=1S/C13H18N2O4/c1-13(16)6-3-7-14(9-13)10-4-5-11(15(17)18)12(8-10)19-2/h4-5,8,16H,3,6-7,9H2,1-2H3. The summed E-state index contributed by atoms with van der Waals surface area (Å²) in [6.45, 7) is 3.16. The van der Waals surface area contributed by atoms with Gasteiger partial charge in [-0.05, 0) is 25.8 Å². The highest BCUT2D eigenvalue weighted by Crippen LogP contribution is 2.33. The fourth-order valence-electron chi connectivity index (χ4n) is 2.45. The van der Waals surface area contributed by atoms with Gasteiger partial charge in [-0.15, -0.1) is 0 Å². The molecular weight excluding hydrogens is 248 g/mol. The lowest BCUT2D eigenvalue weighted by atomic mass is 9.95. The lowest BCUT2D eigenvalue weighted by Crippen LogP contribution is -2.46. The minimum absolute atomic E-state index is 0.0463. The van der Waals surface area contributed by atoms with E-state index in [1.54, 1.807) is 12.1 Å². The molecule has 1 unspecified atom stereocenters. The van der Waals surface area contributed by atoms with Crippen LogP contribution < -0.4 is 9.64 Å². The van der Waals surface area contributed by atoms with Gasteiger partial charge in [0.25, 0.3) is 0 Å². The molecule has 1 aromatic carbocycles. The van der Waals surface area contributed by atoms with Crippen LogP contribution in [0.5, 0.6) is 5.75 Å². The monoisotopic (exact) mass is 266 g/mol. The van der Waals surface area contributed by atoms with E-state index in [0.29, 0.717) is 6.54 Å². The highest BCUT2D eigenvalue weighted by Gasteiger charge is 2.29. The Kier molecular flexibility index (Phi) is 3.61. The van der Waals surface area contributed by atoms with Gasteiger partial charge in [-0.1, -0.05) is 0 Å². The maximum absolute atomic E-state index is 10.8. The minimum Gasteiger partial charge on any atom is -0.490 e. The van der Waals surface area contributed by atoms with Gasteiger partial charge in [-0.3, -0.25) is 10.1 Å². The summed E-state index contributed by atoms with van der Waals surface area (Å²) < 4.78 is 5.06. The first kappa shape index (κ1) is 13.6. The predicted molar refractivity (Wildman–Crippen MR) is 71.7 cm³/mol. The van der Waals surface area contributed by atoms with Crippen molar-refractivity contribution in [2.75, 3.05) is 25.1 Å². The fourth-order valence-corrected chi connectivity index (χ4v) is 2.45. The predicted octanol–water partition coefficient (Wildman–Crippen LogP) is 1.95. The zero-order valence-electron chi connectivity index (χ0n) is 11.1. The van der Waals surface area contributed by atoms with Crippen molar-refractivity contribution in [3.05, 3.63) is 28.3 Å². The molecule has 6 nitrogen and oxygen atoms in total. The molecule has 1 aliphatic heterocycles. The Labute approximate surface area is 111 Å². The molecule has 0 aromatic heterocycles. The van der Waals surface area contributed by atoms with Crippen molar-refractivity contribution < 1.29 is 14.8 Å². The number of benzene rings is 1. The van der Waals surface area contributed by atoms with Gasteiger partial charge in [0.1, 0.15) is 0 Å². The third kappa shape index (κ3) is 2.96. The number of nitrogens with zero attached hydrogens (tertiary/aromatic N) is 2. The first-order chi connectivity index (χ1) is 8.93. The van der Waals surface area contributed by atoms with Gasteiger partial charge in [-0.25, -0.2) is 0 Å². The number of hydrogen-bond acceptors (Lipinski definition) is 5. The number of piperidine rings is 1. The number of nitro groups is 1. The molecule has 19 heavy (non-hydrogen) atoms. The van der Waals surface area contributed by atoms with E-state index in [-0.39, 0.29) is 11.4 Å². The van der Waals surface area contributed by atoms with Gasteiger partial charge in [0, 0.05) is 30.9 Å². The Morgan fingerprint density at radius 3 is 2.84 bits per heavy atom. The molecule has 0 bridgehead atoms. The summed E-state index contributed by atoms with van der Waals surface area (Å²) >= 11 is 0. The zero-order chi connectivity index (χ0) is 14.0. The molecule has 0 saturated carbocycles. The Bertz CT molecular complexity index is 488. The maximum Gasteiger partial charge on any atom is 0.311 e. The second-order valence-corrected chi connectivity index (χ2v) is 5.14. The van der Waals surface area contributed by atoms with Gasteiger partial charge in [0.2, 0.25) is 0 Å². The average Bonchev–Trinajstić information content (AvgIpc) is 2.36. The molecule has 1 heterocycles. The largest absolute Gasteiger partial charge is 0.490 e. The Morgan fingerprint density at radius 1 is 1.53 bits per heavy atom. The summed E-state index contributed by atoms with van der Waals surface area (Å²) in [6, 6.07) is 4.79. The van der Waals surface area contributed by atoms with Gasteiger partial charge in [0.15, 0.2) is 5.75 Å². The van der Waals surface area contributed by atoms with Gasteiger partial charge >= 0.3 is 5.69 Å². The van der Waals surface area contributed by atoms with Crippen molar-refractivity contribution in [2.45, 2.75) is 25.4 Å². The van der Waals surface area contributed by atoms with E-state index >= 15 is 0 Å². The summed E-state index contributed by atoms with van der Waals surface area (Å²) in [4.78, 5) is 12.4. The number of anilines is 1. The number of ether oxygens (including phenoxy) is 1. The molecule has 1 atom stereocenters. The number of hydrogen-bond donors (Lipinski definition) is 1. The van der Waals surface area contributed by atoms with Crippen molar-refractivity contribution in [3.8, 4) is 5.75 Å². The highest BCUT2D eigenvalue weighted by molar-refractivity contribution is 5.59. The van der Waals surface area contributed by atoms with Gasteiger partial charge in [-0.2, -0.15) is 0 Å². The van der Waals surface area contributed by atoms with Crippen LogP contribution in [0.4, 0.5) is 11.4 Å². The molecule has 0 spiro atoms. The van der Waals surface area contributed by atoms with Crippen LogP contribution in [0, 0.1) is 10.1 Å². The van der Waals surface area contributed by atoms with Gasteiger partial charge < -0.3 is 14.7 Å². The lowest BCUT2D eigenvalue weighted by molar-refractivity contribution is -0.385. The number of β-amino-alcohol motifs (C(OH)–C–C–N with tert-alkyl or cyclic N) is 1. The van der Waals surface area contributed by atoms with Crippen LogP contribution in [0.2, 0.25) is 0 Å². The Balaban J connectivity index is 2.28. The molecule has 1 fully saturated rings. The van der Waals surface area contributed by atoms with Crippen LogP contribution in [0.15, 0.2) is 18.2 Å². The van der Waals surface area contributed by atoms with E-state index < -0.39 is 10.5 Å². The Morgan fingerprint density at radius 2 is 2.26 bits per heavy atom. The SMILES string of the molecule is COc1cc(N2CCCC(C)(O)C2)ccc1[N+](=O)[O-]. The van der Waals surface area contributed by atoms with Crippen LogP contribution in [0.1, 0.15) is 19.8 Å². The first-order valence-corrected chi connectivity index (χ1v) is 6.23. The molecule has 1 N–H and O–H groups in total. The van der Waals surface area contributed by atoms with Crippen LogP contribution >= 0.6 is 0 Å². The molecule has 1 saturated heterocycles. The summed E-state index contributed by atoms with van der Waals surface area (Å²) in [7, 11) is 1.42. The first-order valence-electron chi connectivity index (χ1n) is 6.23. The van der Waals surface area contributed by atoms with Crippen LogP contribution in [-0.2, 0) is 0 Å². The molecule has 0 radical (unpaired) electrons. The van der Waals surface area contributed by atoms with Crippen molar-refractivity contribution in [3.63, 3.8) is 0 Å². The normalized spacial score (nSPS) is 23.2. The molecule has 1 aliphatic rings. The van der Waals surface area contributed by atoms with Crippen LogP contribution in [0.3, 0.4) is 0 Å². The molecule has 6 heteroatoms. The fraction of sp³-hybridized carbons (Fsp3) is 0.538. The van der Waals surface area contributed by atoms with Crippen molar-refractivity contribution in [1.29, 1.82) is 0 Å². The Hall–Kier alpha value is -1.82. The molecular formula is C13H18N2O4. The van der Waals surface area contributed by atoms with Gasteiger partial charge in [0.05, 0.1) is 17.6 Å². The third-order valence-corrected chi connectivity index (χ3v) is 3.40. The van der Waals surface area contributed by atoms with Crippen molar-refractivity contribution in [1.82, 2.24) is 0 Å². The maximum atomic E-state index is 10.8. The van der Waals surface area contributed by atoms with E-state index in [2.05, 4.69) is 0 Å². The van der Waals surface area contributed by atoms with E-state index in [9.17, 15) is 15.2 Å². The van der Waals surface area contributed by atoms with Crippen LogP contribution in [0.25, 0.3) is 0 Å². The summed E-state index contributed by atoms with van der Waals surface area (Å²) in [5.41, 5.74) is 0.0743. The zero-order valence-corrected chi connectivity index (χ0v) is 11.1. The van der Waals surface area contributed by atoms with E-state index in [4.69, 9.17) is 4.74 Å². The minimum atomic E-state index is -0.715.